The molecule has 82 valence electrons. The number of rotatable bonds is 3. The lowest BCUT2D eigenvalue weighted by atomic mass is 10.5. The monoisotopic (exact) mass is 217 g/mol. The summed E-state index contributed by atoms with van der Waals surface area (Å²) in [4.78, 5) is 19.6. The van der Waals surface area contributed by atoms with E-state index in [9.17, 15) is 4.79 Å². The van der Waals surface area contributed by atoms with Crippen molar-refractivity contribution in [3.8, 4) is 0 Å². The van der Waals surface area contributed by atoms with Crippen LogP contribution < -0.4 is 5.32 Å². The molecule has 0 aliphatic heterocycles. The smallest absolute Gasteiger partial charge is 0.291 e. The minimum atomic E-state index is -0.329. The number of nitrogens with zero attached hydrogens (tertiary/aromatic N) is 4. The summed E-state index contributed by atoms with van der Waals surface area (Å²) in [5.41, 5.74) is 0.875. The highest BCUT2D eigenvalue weighted by Gasteiger charge is 2.12. The maximum absolute atomic E-state index is 11.6. The lowest BCUT2D eigenvalue weighted by Crippen LogP contribution is -2.24. The molecule has 0 fully saturated rings. The van der Waals surface area contributed by atoms with Crippen molar-refractivity contribution < 1.29 is 4.79 Å². The van der Waals surface area contributed by atoms with E-state index in [0.717, 1.165) is 5.69 Å². The lowest BCUT2D eigenvalue weighted by molar-refractivity contribution is 0.0948. The summed E-state index contributed by atoms with van der Waals surface area (Å²) in [7, 11) is 0. The van der Waals surface area contributed by atoms with Crippen LogP contribution in [-0.4, -0.2) is 32.0 Å². The largest absolute Gasteiger partial charge is 0.346 e. The fraction of sp³-hybridized carbons (Fsp3) is 0.200. The maximum Gasteiger partial charge on any atom is 0.291 e. The topological polar surface area (TPSA) is 72.2 Å². The highest BCUT2D eigenvalue weighted by atomic mass is 16.2. The minimum Gasteiger partial charge on any atom is -0.346 e. The van der Waals surface area contributed by atoms with Gasteiger partial charge in [-0.1, -0.05) is 6.08 Å². The second-order valence-corrected chi connectivity index (χ2v) is 3.23. The zero-order chi connectivity index (χ0) is 11.5. The molecule has 2 aromatic rings. The fourth-order valence-corrected chi connectivity index (χ4v) is 1.25. The highest BCUT2D eigenvalue weighted by Crippen LogP contribution is 2.01. The summed E-state index contributed by atoms with van der Waals surface area (Å²) in [6.45, 7) is 5.77. The normalized spacial score (nSPS) is 10.3. The Morgan fingerprint density at radius 3 is 3.19 bits per heavy atom. The Morgan fingerprint density at radius 2 is 2.50 bits per heavy atom. The van der Waals surface area contributed by atoms with E-state index in [2.05, 4.69) is 27.0 Å². The molecule has 6 heteroatoms. The van der Waals surface area contributed by atoms with E-state index in [1.807, 2.05) is 6.92 Å². The van der Waals surface area contributed by atoms with Gasteiger partial charge in [-0.25, -0.2) is 9.50 Å². The Labute approximate surface area is 92.0 Å². The van der Waals surface area contributed by atoms with Crippen molar-refractivity contribution in [2.24, 2.45) is 0 Å². The number of hydrogen-bond acceptors (Lipinski definition) is 4. The third-order valence-electron chi connectivity index (χ3n) is 2.04. The van der Waals surface area contributed by atoms with Crippen LogP contribution in [0.1, 0.15) is 16.3 Å². The molecule has 2 heterocycles. The number of carbonyl (C=O) groups excluding carboxylic acids is 1. The number of aromatic nitrogens is 4. The van der Waals surface area contributed by atoms with E-state index in [0.29, 0.717) is 12.3 Å². The fourth-order valence-electron chi connectivity index (χ4n) is 1.25. The van der Waals surface area contributed by atoms with Gasteiger partial charge in [0.15, 0.2) is 0 Å². The molecule has 0 aliphatic rings. The van der Waals surface area contributed by atoms with E-state index >= 15 is 0 Å². The molecule has 0 aromatic carbocycles. The van der Waals surface area contributed by atoms with E-state index in [4.69, 9.17) is 0 Å². The third kappa shape index (κ3) is 1.77. The lowest BCUT2D eigenvalue weighted by Gasteiger charge is -1.95. The molecule has 0 unspecified atom stereocenters. The standard InChI is InChI=1S/C10H11N5O/c1-3-5-11-9(16)8-13-10-12-6-4-7(2)15(10)14-8/h3-4,6H,1,5H2,2H3,(H,11,16). The van der Waals surface area contributed by atoms with E-state index in [-0.39, 0.29) is 11.7 Å². The van der Waals surface area contributed by atoms with Crippen molar-refractivity contribution >= 4 is 11.7 Å². The molecule has 1 amide bonds. The molecular formula is C10H11N5O. The predicted octanol–water partition coefficient (Wildman–Crippen LogP) is 0.349. The first-order valence-corrected chi connectivity index (χ1v) is 4.80. The summed E-state index contributed by atoms with van der Waals surface area (Å²) in [6.07, 6.45) is 3.22. The molecule has 0 atom stereocenters. The van der Waals surface area contributed by atoms with Crippen molar-refractivity contribution in [3.05, 3.63) is 36.4 Å². The van der Waals surface area contributed by atoms with Gasteiger partial charge in [0.2, 0.25) is 5.82 Å². The molecule has 2 rings (SSSR count). The zero-order valence-electron chi connectivity index (χ0n) is 8.84. The minimum absolute atomic E-state index is 0.114. The summed E-state index contributed by atoms with van der Waals surface area (Å²) < 4.78 is 1.53. The van der Waals surface area contributed by atoms with Gasteiger partial charge in [0.1, 0.15) is 0 Å². The summed E-state index contributed by atoms with van der Waals surface area (Å²) in [6, 6.07) is 1.80. The number of amides is 1. The molecule has 0 saturated heterocycles. The van der Waals surface area contributed by atoms with Crippen LogP contribution in [0.5, 0.6) is 0 Å². The molecule has 1 N–H and O–H groups in total. The average molecular weight is 217 g/mol. The van der Waals surface area contributed by atoms with Gasteiger partial charge >= 0.3 is 0 Å². The number of aryl methyl sites for hydroxylation is 1. The van der Waals surface area contributed by atoms with Crippen molar-refractivity contribution in [1.29, 1.82) is 0 Å². The van der Waals surface area contributed by atoms with E-state index in [1.54, 1.807) is 18.3 Å². The second kappa shape index (κ2) is 4.09. The number of nitrogens with one attached hydrogen (secondary N) is 1. The van der Waals surface area contributed by atoms with Gasteiger partial charge in [0.25, 0.3) is 11.7 Å². The second-order valence-electron chi connectivity index (χ2n) is 3.23. The first-order chi connectivity index (χ1) is 7.72. The van der Waals surface area contributed by atoms with E-state index in [1.165, 1.54) is 4.52 Å². The van der Waals surface area contributed by atoms with Gasteiger partial charge < -0.3 is 5.32 Å². The van der Waals surface area contributed by atoms with E-state index < -0.39 is 0 Å². The van der Waals surface area contributed by atoms with Crippen LogP contribution in [0, 0.1) is 6.92 Å². The Morgan fingerprint density at radius 1 is 1.69 bits per heavy atom. The van der Waals surface area contributed by atoms with Crippen LogP contribution in [0.4, 0.5) is 0 Å². The van der Waals surface area contributed by atoms with Crippen molar-refractivity contribution in [3.63, 3.8) is 0 Å². The number of hydrogen-bond donors (Lipinski definition) is 1. The summed E-state index contributed by atoms with van der Waals surface area (Å²) in [5.74, 6) is 0.206. The quantitative estimate of drug-likeness (QED) is 0.753. The molecule has 2 aromatic heterocycles. The van der Waals surface area contributed by atoms with Crippen LogP contribution in [0.25, 0.3) is 5.78 Å². The van der Waals surface area contributed by atoms with Gasteiger partial charge in [0, 0.05) is 18.4 Å². The summed E-state index contributed by atoms with van der Waals surface area (Å²) >= 11 is 0. The van der Waals surface area contributed by atoms with Gasteiger partial charge in [-0.3, -0.25) is 4.79 Å². The molecule has 0 spiro atoms. The molecular weight excluding hydrogens is 206 g/mol. The van der Waals surface area contributed by atoms with Crippen LogP contribution in [0.15, 0.2) is 24.9 Å². The van der Waals surface area contributed by atoms with Crippen LogP contribution in [-0.2, 0) is 0 Å². The van der Waals surface area contributed by atoms with Crippen molar-refractivity contribution in [2.75, 3.05) is 6.54 Å². The average Bonchev–Trinajstić information content (AvgIpc) is 2.71. The Bertz CT molecular complexity index is 545. The molecule has 0 radical (unpaired) electrons. The molecule has 16 heavy (non-hydrogen) atoms. The maximum atomic E-state index is 11.6. The molecule has 0 bridgehead atoms. The Kier molecular flexibility index (Phi) is 2.63. The zero-order valence-corrected chi connectivity index (χ0v) is 8.84. The van der Waals surface area contributed by atoms with Crippen molar-refractivity contribution in [2.45, 2.75) is 6.92 Å². The SMILES string of the molecule is C=CCNC(=O)c1nc2nccc(C)n2n1. The predicted molar refractivity (Wildman–Crippen MR) is 58.0 cm³/mol. The highest BCUT2D eigenvalue weighted by molar-refractivity contribution is 5.90. The van der Waals surface area contributed by atoms with Gasteiger partial charge in [-0.15, -0.1) is 11.7 Å². The van der Waals surface area contributed by atoms with Crippen LogP contribution in [0.3, 0.4) is 0 Å². The third-order valence-corrected chi connectivity index (χ3v) is 2.04. The first kappa shape index (κ1) is 10.3. The Balaban J connectivity index is 2.36. The number of fused-ring (bicyclic) bond motifs is 1. The van der Waals surface area contributed by atoms with Gasteiger partial charge in [-0.05, 0) is 13.0 Å². The number of carbonyl (C=O) groups is 1. The van der Waals surface area contributed by atoms with Crippen LogP contribution >= 0.6 is 0 Å². The van der Waals surface area contributed by atoms with Gasteiger partial charge in [0.05, 0.1) is 0 Å². The molecule has 6 nitrogen and oxygen atoms in total. The first-order valence-electron chi connectivity index (χ1n) is 4.80. The molecule has 0 saturated carbocycles. The molecule has 0 aliphatic carbocycles. The van der Waals surface area contributed by atoms with Crippen LogP contribution in [0.2, 0.25) is 0 Å². The van der Waals surface area contributed by atoms with Gasteiger partial charge in [-0.2, -0.15) is 4.98 Å². The van der Waals surface area contributed by atoms with Crippen molar-refractivity contribution in [1.82, 2.24) is 24.9 Å². The summed E-state index contributed by atoms with van der Waals surface area (Å²) in [5, 5.41) is 6.67. The Hall–Kier alpha value is -2.24.